The number of likely N-dealkylation sites (N-methyl/N-ethyl adjacent to an activating group) is 1. The van der Waals surface area contributed by atoms with Gasteiger partial charge in [-0.25, -0.2) is 10.9 Å². The van der Waals surface area contributed by atoms with Crippen molar-refractivity contribution in [3.8, 4) is 0 Å². The van der Waals surface area contributed by atoms with Gasteiger partial charge in [-0.3, -0.25) is 4.79 Å². The maximum absolute atomic E-state index is 12.5. The molecule has 3 rings (SSSR count). The number of hydrazine groups is 1. The van der Waals surface area contributed by atoms with Gasteiger partial charge in [0.2, 0.25) is 5.91 Å². The average molecular weight is 363 g/mol. The van der Waals surface area contributed by atoms with E-state index in [0.29, 0.717) is 18.0 Å². The maximum atomic E-state index is 12.5. The summed E-state index contributed by atoms with van der Waals surface area (Å²) < 4.78 is 5.39. The van der Waals surface area contributed by atoms with Gasteiger partial charge in [0, 0.05) is 11.6 Å². The molecule has 1 aliphatic heterocycles. The summed E-state index contributed by atoms with van der Waals surface area (Å²) in [5.41, 5.74) is 7.14. The molecule has 0 bridgehead atoms. The fraction of sp³-hybridized carbons (Fsp3) is 0.389. The second-order valence-corrected chi connectivity index (χ2v) is 6.80. The van der Waals surface area contributed by atoms with Gasteiger partial charge in [0.1, 0.15) is 11.8 Å². The second-order valence-electron chi connectivity index (χ2n) is 6.39. The number of nitrogens with zero attached hydrogens (tertiary/aromatic N) is 1. The van der Waals surface area contributed by atoms with Crippen LogP contribution in [0.25, 0.3) is 0 Å². The van der Waals surface area contributed by atoms with E-state index in [9.17, 15) is 4.79 Å². The van der Waals surface area contributed by atoms with Gasteiger partial charge in [0.05, 0.1) is 18.3 Å². The van der Waals surface area contributed by atoms with Crippen molar-refractivity contribution >= 4 is 17.5 Å². The largest absolute Gasteiger partial charge is 0.468 e. The topological polar surface area (TPSA) is 69.5 Å². The number of carbonyl (C=O) groups excluding carboxylic acids is 1. The summed E-state index contributed by atoms with van der Waals surface area (Å²) in [4.78, 5) is 14.6. The number of hydrogen-bond donors (Lipinski definition) is 3. The first-order valence-corrected chi connectivity index (χ1v) is 8.67. The van der Waals surface area contributed by atoms with E-state index in [1.807, 2.05) is 55.4 Å². The van der Waals surface area contributed by atoms with Gasteiger partial charge in [0.15, 0.2) is 0 Å². The van der Waals surface area contributed by atoms with Crippen molar-refractivity contribution in [2.24, 2.45) is 0 Å². The summed E-state index contributed by atoms with van der Waals surface area (Å²) in [6.07, 6.45) is 2.27. The quantitative estimate of drug-likeness (QED) is 0.735. The Labute approximate surface area is 152 Å². The smallest absolute Gasteiger partial charge is 0.238 e. The van der Waals surface area contributed by atoms with E-state index in [1.165, 1.54) is 0 Å². The lowest BCUT2D eigenvalue weighted by Crippen LogP contribution is -2.45. The SMILES string of the molecule is CN(C)C(CNC(=O)C1CC(c2ccco2)NN1)c1ccccc1Cl. The van der Waals surface area contributed by atoms with Gasteiger partial charge in [0.25, 0.3) is 0 Å². The highest BCUT2D eigenvalue weighted by Gasteiger charge is 2.32. The molecule has 7 heteroatoms. The highest BCUT2D eigenvalue weighted by molar-refractivity contribution is 6.31. The molecule has 3 atom stereocenters. The number of amides is 1. The Morgan fingerprint density at radius 2 is 2.12 bits per heavy atom. The number of halogens is 1. The van der Waals surface area contributed by atoms with Crippen molar-refractivity contribution < 1.29 is 9.21 Å². The fourth-order valence-corrected chi connectivity index (χ4v) is 3.30. The zero-order chi connectivity index (χ0) is 17.8. The number of hydrogen-bond acceptors (Lipinski definition) is 5. The lowest BCUT2D eigenvalue weighted by atomic mass is 10.0. The average Bonchev–Trinajstić information content (AvgIpc) is 3.27. The lowest BCUT2D eigenvalue weighted by molar-refractivity contribution is -0.123. The molecule has 1 amide bonds. The van der Waals surface area contributed by atoms with Gasteiger partial charge < -0.3 is 14.6 Å². The molecule has 6 nitrogen and oxygen atoms in total. The van der Waals surface area contributed by atoms with E-state index in [4.69, 9.17) is 16.0 Å². The van der Waals surface area contributed by atoms with Gasteiger partial charge >= 0.3 is 0 Å². The van der Waals surface area contributed by atoms with Crippen LogP contribution in [0.1, 0.15) is 29.8 Å². The molecule has 0 saturated carbocycles. The molecule has 1 aromatic carbocycles. The molecular weight excluding hydrogens is 340 g/mol. The molecule has 1 aromatic heterocycles. The van der Waals surface area contributed by atoms with Crippen molar-refractivity contribution in [3.63, 3.8) is 0 Å². The first-order valence-electron chi connectivity index (χ1n) is 8.29. The Balaban J connectivity index is 1.58. The highest BCUT2D eigenvalue weighted by atomic mass is 35.5. The third kappa shape index (κ3) is 4.22. The predicted octanol–water partition coefficient (Wildman–Crippen LogP) is 2.26. The van der Waals surface area contributed by atoms with Crippen LogP contribution in [0.2, 0.25) is 5.02 Å². The normalized spacial score (nSPS) is 21.4. The van der Waals surface area contributed by atoms with Gasteiger partial charge in [-0.2, -0.15) is 0 Å². The van der Waals surface area contributed by atoms with Gasteiger partial charge in [-0.1, -0.05) is 29.8 Å². The number of nitrogens with one attached hydrogen (secondary N) is 3. The van der Waals surface area contributed by atoms with Crippen LogP contribution in [0.4, 0.5) is 0 Å². The van der Waals surface area contributed by atoms with E-state index in [-0.39, 0.29) is 24.0 Å². The number of rotatable bonds is 6. The molecule has 25 heavy (non-hydrogen) atoms. The van der Waals surface area contributed by atoms with Crippen LogP contribution in [-0.4, -0.2) is 37.5 Å². The molecule has 0 radical (unpaired) electrons. The van der Waals surface area contributed by atoms with E-state index in [2.05, 4.69) is 16.2 Å². The Bertz CT molecular complexity index is 705. The first-order chi connectivity index (χ1) is 12.1. The molecule has 2 heterocycles. The number of furan rings is 1. The van der Waals surface area contributed by atoms with Gasteiger partial charge in [-0.15, -0.1) is 0 Å². The molecule has 3 unspecified atom stereocenters. The molecule has 0 spiro atoms. The summed E-state index contributed by atoms with van der Waals surface area (Å²) in [6.45, 7) is 0.485. The molecule has 134 valence electrons. The van der Waals surface area contributed by atoms with Crippen molar-refractivity contribution in [1.82, 2.24) is 21.1 Å². The summed E-state index contributed by atoms with van der Waals surface area (Å²) in [7, 11) is 3.95. The summed E-state index contributed by atoms with van der Waals surface area (Å²) in [6, 6.07) is 11.2. The summed E-state index contributed by atoms with van der Waals surface area (Å²) in [5.74, 6) is 0.783. The Morgan fingerprint density at radius 1 is 1.32 bits per heavy atom. The first kappa shape index (κ1) is 17.9. The molecular formula is C18H23ClN4O2. The summed E-state index contributed by atoms with van der Waals surface area (Å²) in [5, 5.41) is 3.73. The van der Waals surface area contributed by atoms with Crippen LogP contribution in [0.3, 0.4) is 0 Å². The minimum atomic E-state index is -0.302. The predicted molar refractivity (Wildman–Crippen MR) is 97.0 cm³/mol. The van der Waals surface area contributed by atoms with Crippen LogP contribution in [0.15, 0.2) is 47.1 Å². The molecule has 2 aromatic rings. The number of carbonyl (C=O) groups is 1. The highest BCUT2D eigenvalue weighted by Crippen LogP contribution is 2.26. The van der Waals surface area contributed by atoms with Gasteiger partial charge in [-0.05, 0) is 44.3 Å². The zero-order valence-electron chi connectivity index (χ0n) is 14.3. The molecule has 1 aliphatic rings. The van der Waals surface area contributed by atoms with Crippen molar-refractivity contribution in [3.05, 3.63) is 59.0 Å². The van der Waals surface area contributed by atoms with Crippen LogP contribution in [0, 0.1) is 0 Å². The van der Waals surface area contributed by atoms with E-state index in [1.54, 1.807) is 6.26 Å². The zero-order valence-corrected chi connectivity index (χ0v) is 15.1. The monoisotopic (exact) mass is 362 g/mol. The number of benzene rings is 1. The van der Waals surface area contributed by atoms with E-state index < -0.39 is 0 Å². The van der Waals surface area contributed by atoms with E-state index >= 15 is 0 Å². The maximum Gasteiger partial charge on any atom is 0.238 e. The molecule has 0 aliphatic carbocycles. The molecule has 1 saturated heterocycles. The van der Waals surface area contributed by atoms with Crippen molar-refractivity contribution in [1.29, 1.82) is 0 Å². The van der Waals surface area contributed by atoms with E-state index in [0.717, 1.165) is 11.3 Å². The Hall–Kier alpha value is -1.86. The third-order valence-electron chi connectivity index (χ3n) is 4.46. The third-order valence-corrected chi connectivity index (χ3v) is 4.81. The van der Waals surface area contributed by atoms with Crippen LogP contribution >= 0.6 is 11.6 Å². The second kappa shape index (κ2) is 8.01. The van der Waals surface area contributed by atoms with Crippen molar-refractivity contribution in [2.45, 2.75) is 24.5 Å². The minimum Gasteiger partial charge on any atom is -0.468 e. The Kier molecular flexibility index (Phi) is 5.75. The van der Waals surface area contributed by atoms with Crippen molar-refractivity contribution in [2.75, 3.05) is 20.6 Å². The lowest BCUT2D eigenvalue weighted by Gasteiger charge is -2.26. The molecule has 3 N–H and O–H groups in total. The van der Waals surface area contributed by atoms with Crippen LogP contribution < -0.4 is 16.2 Å². The standard InChI is InChI=1S/C18H23ClN4O2/c1-23(2)16(12-6-3-4-7-13(12)19)11-20-18(24)15-10-14(21-22-15)17-8-5-9-25-17/h3-9,14-16,21-22H,10-11H2,1-2H3,(H,20,24). The Morgan fingerprint density at radius 3 is 2.80 bits per heavy atom. The minimum absolute atomic E-state index is 0.000960. The molecule has 1 fully saturated rings. The van der Waals surface area contributed by atoms with Crippen LogP contribution in [-0.2, 0) is 4.79 Å². The van der Waals surface area contributed by atoms with Crippen LogP contribution in [0.5, 0.6) is 0 Å². The summed E-state index contributed by atoms with van der Waals surface area (Å²) >= 11 is 6.31. The fourth-order valence-electron chi connectivity index (χ4n) is 3.04.